The van der Waals surface area contributed by atoms with Crippen LogP contribution in [-0.4, -0.2) is 30.5 Å². The van der Waals surface area contributed by atoms with Crippen LogP contribution in [0.1, 0.15) is 50.4 Å². The SMILES string of the molecule is CC(C)n1nccc1C12CCC(C1)C2C(=O)NCc1cccnc1-n1cccn1. The summed E-state index contributed by atoms with van der Waals surface area (Å²) in [6, 6.07) is 8.15. The fourth-order valence-electron chi connectivity index (χ4n) is 5.41. The van der Waals surface area contributed by atoms with Gasteiger partial charge in [-0.25, -0.2) is 9.67 Å². The molecule has 2 bridgehead atoms. The summed E-state index contributed by atoms with van der Waals surface area (Å²) >= 11 is 0. The number of carbonyl (C=O) groups excluding carboxylic acids is 1. The van der Waals surface area contributed by atoms with Crippen molar-refractivity contribution in [1.82, 2.24) is 29.9 Å². The molecule has 3 aliphatic rings. The Bertz CT molecular complexity index is 1020. The van der Waals surface area contributed by atoms with Gasteiger partial charge in [-0.05, 0) is 57.2 Å². The fourth-order valence-corrected chi connectivity index (χ4v) is 5.41. The van der Waals surface area contributed by atoms with Crippen molar-refractivity contribution in [3.05, 3.63) is 60.3 Å². The predicted octanol–water partition coefficient (Wildman–Crippen LogP) is 3.03. The van der Waals surface area contributed by atoms with Gasteiger partial charge in [0.15, 0.2) is 5.82 Å². The minimum absolute atomic E-state index is 0.0292. The van der Waals surface area contributed by atoms with Crippen LogP contribution in [0.3, 0.4) is 0 Å². The molecule has 3 aliphatic carbocycles. The highest BCUT2D eigenvalue weighted by molar-refractivity contribution is 5.83. The molecule has 3 heterocycles. The lowest BCUT2D eigenvalue weighted by Crippen LogP contribution is -2.53. The van der Waals surface area contributed by atoms with Crippen LogP contribution in [-0.2, 0) is 16.8 Å². The van der Waals surface area contributed by atoms with Gasteiger partial charge >= 0.3 is 0 Å². The summed E-state index contributed by atoms with van der Waals surface area (Å²) in [5.41, 5.74) is 2.12. The fraction of sp³-hybridized carbons (Fsp3) is 0.455. The highest BCUT2D eigenvalue weighted by Gasteiger charge is 2.63. The number of pyridine rings is 1. The summed E-state index contributed by atoms with van der Waals surface area (Å²) in [4.78, 5) is 17.7. The second kappa shape index (κ2) is 6.83. The zero-order chi connectivity index (χ0) is 20.0. The van der Waals surface area contributed by atoms with Crippen LogP contribution in [0.4, 0.5) is 0 Å². The molecule has 6 rings (SSSR count). The first-order chi connectivity index (χ1) is 14.1. The third-order valence-corrected chi connectivity index (χ3v) is 6.65. The van der Waals surface area contributed by atoms with Gasteiger partial charge in [0.1, 0.15) is 0 Å². The molecule has 0 saturated heterocycles. The molecule has 0 spiro atoms. The largest absolute Gasteiger partial charge is 0.352 e. The summed E-state index contributed by atoms with van der Waals surface area (Å²) in [7, 11) is 0. The van der Waals surface area contributed by atoms with E-state index < -0.39 is 0 Å². The topological polar surface area (TPSA) is 77.6 Å². The van der Waals surface area contributed by atoms with Crippen molar-refractivity contribution in [3.63, 3.8) is 0 Å². The first-order valence-electron chi connectivity index (χ1n) is 10.4. The van der Waals surface area contributed by atoms with Crippen LogP contribution in [0.2, 0.25) is 0 Å². The van der Waals surface area contributed by atoms with Crippen molar-refractivity contribution in [3.8, 4) is 5.82 Å². The Labute approximate surface area is 170 Å². The van der Waals surface area contributed by atoms with Gasteiger partial charge < -0.3 is 5.32 Å². The quantitative estimate of drug-likeness (QED) is 0.702. The molecule has 0 aliphatic heterocycles. The maximum atomic E-state index is 13.3. The summed E-state index contributed by atoms with van der Waals surface area (Å²) in [6.07, 6.45) is 10.5. The third-order valence-electron chi connectivity index (χ3n) is 6.65. The van der Waals surface area contributed by atoms with E-state index in [0.29, 0.717) is 18.5 Å². The molecule has 3 aromatic rings. The van der Waals surface area contributed by atoms with Gasteiger partial charge in [0, 0.05) is 54.0 Å². The van der Waals surface area contributed by atoms with Crippen LogP contribution in [0.15, 0.2) is 49.1 Å². The Morgan fingerprint density at radius 1 is 1.24 bits per heavy atom. The molecular weight excluding hydrogens is 364 g/mol. The first-order valence-corrected chi connectivity index (χ1v) is 10.4. The van der Waals surface area contributed by atoms with Gasteiger partial charge in [0.25, 0.3) is 0 Å². The molecule has 0 aromatic carbocycles. The van der Waals surface area contributed by atoms with Crippen molar-refractivity contribution in [1.29, 1.82) is 0 Å². The Hall–Kier alpha value is -2.96. The number of fused-ring (bicyclic) bond motifs is 1. The van der Waals surface area contributed by atoms with E-state index in [1.807, 2.05) is 30.6 Å². The van der Waals surface area contributed by atoms with E-state index in [2.05, 4.69) is 45.1 Å². The maximum absolute atomic E-state index is 13.3. The lowest BCUT2D eigenvalue weighted by atomic mass is 9.58. The average molecular weight is 390 g/mol. The van der Waals surface area contributed by atoms with Crippen LogP contribution >= 0.6 is 0 Å². The van der Waals surface area contributed by atoms with Gasteiger partial charge in [-0.3, -0.25) is 9.48 Å². The molecule has 150 valence electrons. The van der Waals surface area contributed by atoms with Crippen molar-refractivity contribution in [2.45, 2.75) is 51.1 Å². The molecular formula is C22H26N6O. The van der Waals surface area contributed by atoms with Gasteiger partial charge in [0.2, 0.25) is 5.91 Å². The lowest BCUT2D eigenvalue weighted by molar-refractivity contribution is -0.133. The van der Waals surface area contributed by atoms with Gasteiger partial charge in [-0.1, -0.05) is 6.07 Å². The van der Waals surface area contributed by atoms with Crippen molar-refractivity contribution in [2.75, 3.05) is 0 Å². The first kappa shape index (κ1) is 18.1. The highest BCUT2D eigenvalue weighted by Crippen LogP contribution is 2.64. The molecule has 3 atom stereocenters. The molecule has 3 unspecified atom stereocenters. The van der Waals surface area contributed by atoms with Crippen LogP contribution < -0.4 is 5.32 Å². The normalized spacial score (nSPS) is 25.2. The van der Waals surface area contributed by atoms with E-state index in [1.54, 1.807) is 17.1 Å². The molecule has 1 amide bonds. The second-order valence-electron chi connectivity index (χ2n) is 8.55. The summed E-state index contributed by atoms with van der Waals surface area (Å²) in [5.74, 6) is 1.40. The van der Waals surface area contributed by atoms with Crippen LogP contribution in [0.25, 0.3) is 5.82 Å². The number of carbonyl (C=O) groups is 1. The predicted molar refractivity (Wildman–Crippen MR) is 108 cm³/mol. The smallest absolute Gasteiger partial charge is 0.224 e. The summed E-state index contributed by atoms with van der Waals surface area (Å²) in [5, 5.41) is 12.0. The van der Waals surface area contributed by atoms with Gasteiger partial charge in [0.05, 0.1) is 5.92 Å². The third kappa shape index (κ3) is 2.79. The highest BCUT2D eigenvalue weighted by atomic mass is 16.2. The minimum atomic E-state index is -0.0602. The number of nitrogens with one attached hydrogen (secondary N) is 1. The van der Waals surface area contributed by atoms with E-state index >= 15 is 0 Å². The number of aromatic nitrogens is 5. The van der Waals surface area contributed by atoms with E-state index in [1.165, 1.54) is 5.69 Å². The number of hydrogen-bond acceptors (Lipinski definition) is 4. The maximum Gasteiger partial charge on any atom is 0.224 e. The number of amides is 1. The van der Waals surface area contributed by atoms with E-state index in [-0.39, 0.29) is 17.2 Å². The lowest BCUT2D eigenvalue weighted by Gasteiger charge is -2.46. The summed E-state index contributed by atoms with van der Waals surface area (Å²) in [6.45, 7) is 4.74. The minimum Gasteiger partial charge on any atom is -0.352 e. The molecule has 29 heavy (non-hydrogen) atoms. The van der Waals surface area contributed by atoms with Crippen molar-refractivity contribution >= 4 is 5.91 Å². The zero-order valence-electron chi connectivity index (χ0n) is 16.8. The number of hydrogen-bond donors (Lipinski definition) is 1. The standard InChI is InChI=1S/C22H26N6O/c1-15(2)28-18(7-11-26-28)22-8-6-16(13-22)19(22)21(29)24-14-17-5-3-9-23-20(17)27-12-4-10-25-27/h3-5,7,9-12,15-16,19H,6,8,13-14H2,1-2H3,(H,24,29). The Morgan fingerprint density at radius 3 is 2.90 bits per heavy atom. The van der Waals surface area contributed by atoms with Gasteiger partial charge in [-0.2, -0.15) is 10.2 Å². The molecule has 7 nitrogen and oxygen atoms in total. The molecule has 3 saturated carbocycles. The Morgan fingerprint density at radius 2 is 2.14 bits per heavy atom. The number of rotatable bonds is 6. The Kier molecular flexibility index (Phi) is 4.26. The summed E-state index contributed by atoms with van der Waals surface area (Å²) < 4.78 is 3.83. The molecule has 1 N–H and O–H groups in total. The van der Waals surface area contributed by atoms with Crippen LogP contribution in [0.5, 0.6) is 0 Å². The molecule has 7 heteroatoms. The average Bonchev–Trinajstić information content (AvgIpc) is 3.49. The van der Waals surface area contributed by atoms with E-state index in [0.717, 1.165) is 30.6 Å². The Balaban J connectivity index is 1.36. The second-order valence-corrected chi connectivity index (χ2v) is 8.55. The monoisotopic (exact) mass is 390 g/mol. The zero-order valence-corrected chi connectivity index (χ0v) is 16.8. The van der Waals surface area contributed by atoms with Crippen LogP contribution in [0, 0.1) is 11.8 Å². The molecule has 3 fully saturated rings. The molecule has 0 radical (unpaired) electrons. The van der Waals surface area contributed by atoms with Crippen molar-refractivity contribution < 1.29 is 4.79 Å². The molecule has 3 aromatic heterocycles. The van der Waals surface area contributed by atoms with Gasteiger partial charge in [-0.15, -0.1) is 0 Å². The van der Waals surface area contributed by atoms with Crippen molar-refractivity contribution in [2.24, 2.45) is 11.8 Å². The van der Waals surface area contributed by atoms with E-state index in [4.69, 9.17) is 0 Å². The number of nitrogens with zero attached hydrogens (tertiary/aromatic N) is 5. The van der Waals surface area contributed by atoms with E-state index in [9.17, 15) is 4.79 Å².